The maximum absolute atomic E-state index is 13.0. The summed E-state index contributed by atoms with van der Waals surface area (Å²) in [5, 5.41) is 8.26. The highest BCUT2D eigenvalue weighted by molar-refractivity contribution is 7.66. The van der Waals surface area contributed by atoms with Gasteiger partial charge in [0.15, 0.2) is 0 Å². The van der Waals surface area contributed by atoms with Crippen molar-refractivity contribution in [1.82, 2.24) is 4.98 Å². The number of amides is 1. The zero-order valence-electron chi connectivity index (χ0n) is 24.2. The van der Waals surface area contributed by atoms with Crippen LogP contribution in [0, 0.1) is 0 Å². The normalized spacial score (nSPS) is 12.8. The number of hydrogen-bond donors (Lipinski definition) is 2. The second-order valence-corrected chi connectivity index (χ2v) is 12.7. The van der Waals surface area contributed by atoms with E-state index in [1.165, 1.54) is 0 Å². The number of nitrogens with one attached hydrogen (secondary N) is 2. The van der Waals surface area contributed by atoms with Crippen molar-refractivity contribution in [1.29, 1.82) is 0 Å². The van der Waals surface area contributed by atoms with E-state index in [-0.39, 0.29) is 0 Å². The van der Waals surface area contributed by atoms with Crippen molar-refractivity contribution in [3.05, 3.63) is 72.9 Å². The predicted octanol–water partition coefficient (Wildman–Crippen LogP) is 8.09. The summed E-state index contributed by atoms with van der Waals surface area (Å²) in [5.41, 5.74) is 0.722. The van der Waals surface area contributed by atoms with Gasteiger partial charge < -0.3 is 24.1 Å². The highest BCUT2D eigenvalue weighted by Crippen LogP contribution is 2.45. The molecule has 4 aromatic rings. The van der Waals surface area contributed by atoms with E-state index in [0.29, 0.717) is 53.0 Å². The number of rotatable bonds is 10. The van der Waals surface area contributed by atoms with Gasteiger partial charge in [-0.1, -0.05) is 24.3 Å². The first kappa shape index (κ1) is 29.9. The molecule has 0 fully saturated rings. The van der Waals surface area contributed by atoms with Gasteiger partial charge >= 0.3 is 6.09 Å². The van der Waals surface area contributed by atoms with Crippen LogP contribution in [0.2, 0.25) is 0 Å². The molecule has 0 bridgehead atoms. The van der Waals surface area contributed by atoms with E-state index >= 15 is 0 Å². The topological polar surface area (TPSA) is 108 Å². The number of carbonyl (C=O) groups is 1. The van der Waals surface area contributed by atoms with Crippen LogP contribution in [0.4, 0.5) is 22.0 Å². The Labute approximate surface area is 240 Å². The van der Waals surface area contributed by atoms with Gasteiger partial charge in [0, 0.05) is 41.5 Å². The first-order valence-electron chi connectivity index (χ1n) is 13.4. The van der Waals surface area contributed by atoms with E-state index in [1.54, 1.807) is 49.3 Å². The van der Waals surface area contributed by atoms with Crippen molar-refractivity contribution in [2.45, 2.75) is 40.2 Å². The number of nitrogens with zero attached hydrogens (tertiary/aromatic N) is 1. The third-order valence-electron chi connectivity index (χ3n) is 5.82. The molecule has 1 unspecified atom stereocenters. The minimum absolute atomic E-state index is 0.342. The number of pyridine rings is 1. The molecule has 0 aliphatic carbocycles. The standard InChI is InChI=1S/C31H36N3O6P/c1-7-37-27-19-21(13-16-28(27)41(6,36)38-8-2)33-29-20-22(17-18-32-29)39-26-15-14-25(23-11-9-10-12-24(23)26)34-30(35)40-31(3,4)5/h9-20H,7-8H2,1-6H3,(H,32,33)(H,34,35). The molecule has 0 spiro atoms. The number of ether oxygens (including phenoxy) is 3. The molecule has 1 amide bonds. The Morgan fingerprint density at radius 1 is 0.927 bits per heavy atom. The van der Waals surface area contributed by atoms with E-state index in [2.05, 4.69) is 15.6 Å². The third-order valence-corrected chi connectivity index (χ3v) is 7.82. The lowest BCUT2D eigenvalue weighted by Crippen LogP contribution is -2.27. The van der Waals surface area contributed by atoms with E-state index < -0.39 is 19.1 Å². The number of benzene rings is 3. The van der Waals surface area contributed by atoms with Crippen LogP contribution in [0.5, 0.6) is 17.2 Å². The first-order valence-corrected chi connectivity index (χ1v) is 15.5. The zero-order valence-corrected chi connectivity index (χ0v) is 25.1. The predicted molar refractivity (Wildman–Crippen MR) is 164 cm³/mol. The molecule has 1 aromatic heterocycles. The maximum atomic E-state index is 13.0. The van der Waals surface area contributed by atoms with Crippen molar-refractivity contribution in [2.75, 3.05) is 30.5 Å². The molecule has 41 heavy (non-hydrogen) atoms. The van der Waals surface area contributed by atoms with Crippen LogP contribution in [0.25, 0.3) is 10.8 Å². The fourth-order valence-electron chi connectivity index (χ4n) is 4.22. The van der Waals surface area contributed by atoms with E-state index in [0.717, 1.165) is 10.8 Å². The Kier molecular flexibility index (Phi) is 9.21. The Balaban J connectivity index is 1.56. The number of hydrogen-bond acceptors (Lipinski definition) is 8. The molecule has 0 aliphatic heterocycles. The van der Waals surface area contributed by atoms with Crippen molar-refractivity contribution in [3.63, 3.8) is 0 Å². The SMILES string of the molecule is CCOc1cc(Nc2cc(Oc3ccc(NC(=O)OC(C)(C)C)c4ccccc34)ccn2)ccc1P(C)(=O)OCC. The molecule has 0 saturated carbocycles. The number of aromatic nitrogens is 1. The van der Waals surface area contributed by atoms with Crippen LogP contribution in [0.3, 0.4) is 0 Å². The zero-order chi connectivity index (χ0) is 29.6. The highest BCUT2D eigenvalue weighted by atomic mass is 31.2. The number of anilines is 3. The largest absolute Gasteiger partial charge is 0.493 e. The molecule has 0 saturated heterocycles. The Morgan fingerprint density at radius 3 is 2.39 bits per heavy atom. The average molecular weight is 578 g/mol. The van der Waals surface area contributed by atoms with Gasteiger partial charge in [0.2, 0.25) is 7.37 Å². The van der Waals surface area contributed by atoms with Gasteiger partial charge in [-0.05, 0) is 65.0 Å². The molecule has 1 heterocycles. The van der Waals surface area contributed by atoms with Crippen LogP contribution in [0.1, 0.15) is 34.6 Å². The van der Waals surface area contributed by atoms with Gasteiger partial charge in [-0.25, -0.2) is 9.78 Å². The van der Waals surface area contributed by atoms with Gasteiger partial charge in [0.1, 0.15) is 28.7 Å². The molecule has 1 atom stereocenters. The Bertz CT molecular complexity index is 1580. The van der Waals surface area contributed by atoms with Crippen molar-refractivity contribution in [3.8, 4) is 17.2 Å². The molecular formula is C31H36N3O6P. The molecule has 10 heteroatoms. The van der Waals surface area contributed by atoms with Crippen LogP contribution < -0.4 is 25.4 Å². The van der Waals surface area contributed by atoms with Gasteiger partial charge in [-0.3, -0.25) is 9.88 Å². The Morgan fingerprint density at radius 2 is 1.68 bits per heavy atom. The number of carbonyl (C=O) groups excluding carboxylic acids is 1. The minimum Gasteiger partial charge on any atom is -0.493 e. The van der Waals surface area contributed by atoms with Gasteiger partial charge in [-0.15, -0.1) is 0 Å². The smallest absolute Gasteiger partial charge is 0.412 e. The molecule has 0 radical (unpaired) electrons. The van der Waals surface area contributed by atoms with E-state index in [4.69, 9.17) is 18.7 Å². The fourth-order valence-corrected chi connectivity index (χ4v) is 5.72. The van der Waals surface area contributed by atoms with Crippen LogP contribution >= 0.6 is 7.37 Å². The quantitative estimate of drug-likeness (QED) is 0.182. The molecule has 9 nitrogen and oxygen atoms in total. The van der Waals surface area contributed by atoms with Crippen molar-refractivity contribution >= 4 is 46.7 Å². The monoisotopic (exact) mass is 577 g/mol. The molecule has 0 aliphatic rings. The third kappa shape index (κ3) is 7.78. The summed E-state index contributed by atoms with van der Waals surface area (Å²) < 4.78 is 36.0. The molecule has 2 N–H and O–H groups in total. The van der Waals surface area contributed by atoms with Gasteiger partial charge in [0.25, 0.3) is 0 Å². The fraction of sp³-hybridized carbons (Fsp3) is 0.290. The summed E-state index contributed by atoms with van der Waals surface area (Å²) in [6.07, 6.45) is 1.12. The Hall–Kier alpha value is -4.07. The van der Waals surface area contributed by atoms with Gasteiger partial charge in [0.05, 0.1) is 24.2 Å². The highest BCUT2D eigenvalue weighted by Gasteiger charge is 2.24. The molecule has 216 valence electrons. The molecule has 4 rings (SSSR count). The van der Waals surface area contributed by atoms with E-state index in [9.17, 15) is 9.36 Å². The minimum atomic E-state index is -3.02. The second kappa shape index (κ2) is 12.6. The second-order valence-electron chi connectivity index (χ2n) is 10.3. The summed E-state index contributed by atoms with van der Waals surface area (Å²) in [5.74, 6) is 2.23. The number of fused-ring (bicyclic) bond motifs is 1. The molecular weight excluding hydrogens is 541 g/mol. The summed E-state index contributed by atoms with van der Waals surface area (Å²) in [4.78, 5) is 16.8. The van der Waals surface area contributed by atoms with Crippen LogP contribution in [-0.2, 0) is 13.8 Å². The van der Waals surface area contributed by atoms with Crippen LogP contribution in [0.15, 0.2) is 72.9 Å². The summed E-state index contributed by atoms with van der Waals surface area (Å²) in [6, 6.07) is 20.1. The lowest BCUT2D eigenvalue weighted by molar-refractivity contribution is 0.0636. The lowest BCUT2D eigenvalue weighted by Gasteiger charge is -2.20. The maximum Gasteiger partial charge on any atom is 0.412 e. The lowest BCUT2D eigenvalue weighted by atomic mass is 10.1. The summed E-state index contributed by atoms with van der Waals surface area (Å²) in [7, 11) is -3.02. The molecule has 3 aromatic carbocycles. The first-order chi connectivity index (χ1) is 19.5. The van der Waals surface area contributed by atoms with Gasteiger partial charge in [-0.2, -0.15) is 0 Å². The average Bonchev–Trinajstić information content (AvgIpc) is 2.89. The summed E-state index contributed by atoms with van der Waals surface area (Å²) in [6.45, 7) is 11.5. The van der Waals surface area contributed by atoms with E-state index in [1.807, 2.05) is 65.0 Å². The summed E-state index contributed by atoms with van der Waals surface area (Å²) >= 11 is 0. The van der Waals surface area contributed by atoms with Crippen molar-refractivity contribution in [2.24, 2.45) is 0 Å². The van der Waals surface area contributed by atoms with Crippen molar-refractivity contribution < 1.29 is 28.1 Å². The van der Waals surface area contributed by atoms with Crippen LogP contribution in [-0.4, -0.2) is 36.6 Å².